The van der Waals surface area contributed by atoms with E-state index in [1.807, 2.05) is 30.3 Å². The van der Waals surface area contributed by atoms with Gasteiger partial charge in [-0.3, -0.25) is 4.79 Å². The van der Waals surface area contributed by atoms with Gasteiger partial charge in [-0.2, -0.15) is 0 Å². The van der Waals surface area contributed by atoms with Crippen LogP contribution in [0.3, 0.4) is 0 Å². The van der Waals surface area contributed by atoms with E-state index in [2.05, 4.69) is 0 Å². The third-order valence-electron chi connectivity index (χ3n) is 4.21. The molecule has 0 saturated carbocycles. The van der Waals surface area contributed by atoms with Gasteiger partial charge in [0.1, 0.15) is 11.6 Å². The van der Waals surface area contributed by atoms with Crippen molar-refractivity contribution in [2.75, 3.05) is 13.2 Å². The molecule has 5 heteroatoms. The highest BCUT2D eigenvalue weighted by atomic mass is 19.1. The zero-order valence-corrected chi connectivity index (χ0v) is 14.3. The van der Waals surface area contributed by atoms with Crippen LogP contribution in [-0.2, 0) is 9.47 Å². The molecule has 3 nitrogen and oxygen atoms in total. The lowest BCUT2D eigenvalue weighted by atomic mass is 10.0. The number of carbonyl (C=O) groups is 1. The van der Waals surface area contributed by atoms with Crippen LogP contribution in [0.15, 0.2) is 54.6 Å². The Kier molecular flexibility index (Phi) is 6.26. The molecule has 1 atom stereocenters. The number of carbonyl (C=O) groups excluding carboxylic acids is 1. The normalized spacial score (nSPS) is 17.9. The Balaban J connectivity index is 1.83. The van der Waals surface area contributed by atoms with Gasteiger partial charge in [-0.05, 0) is 54.7 Å². The number of hydrogen-bond acceptors (Lipinski definition) is 3. The molecular weight excluding hydrogens is 338 g/mol. The topological polar surface area (TPSA) is 35.5 Å². The SMILES string of the molecule is O=C(/C=C(/COC1CCCCO1)c1ccccc1)c1cc(F)ccc1F. The van der Waals surface area contributed by atoms with E-state index < -0.39 is 17.4 Å². The smallest absolute Gasteiger partial charge is 0.189 e. The van der Waals surface area contributed by atoms with Crippen molar-refractivity contribution in [1.82, 2.24) is 0 Å². The Morgan fingerprint density at radius 1 is 1.15 bits per heavy atom. The van der Waals surface area contributed by atoms with Crippen LogP contribution in [0.2, 0.25) is 0 Å². The summed E-state index contributed by atoms with van der Waals surface area (Å²) in [6.45, 7) is 0.805. The summed E-state index contributed by atoms with van der Waals surface area (Å²) in [5.74, 6) is -2.01. The van der Waals surface area contributed by atoms with Crippen LogP contribution in [0.1, 0.15) is 35.2 Å². The van der Waals surface area contributed by atoms with Crippen molar-refractivity contribution < 1.29 is 23.0 Å². The summed E-state index contributed by atoms with van der Waals surface area (Å²) in [6.07, 6.45) is 3.84. The molecule has 0 amide bonds. The van der Waals surface area contributed by atoms with E-state index in [4.69, 9.17) is 9.47 Å². The maximum absolute atomic E-state index is 13.9. The fraction of sp³-hybridized carbons (Fsp3) is 0.286. The first-order chi connectivity index (χ1) is 12.6. The Bertz CT molecular complexity index is 781. The first-order valence-corrected chi connectivity index (χ1v) is 8.62. The summed E-state index contributed by atoms with van der Waals surface area (Å²) in [5.41, 5.74) is 1.08. The molecule has 136 valence electrons. The zero-order chi connectivity index (χ0) is 18.4. The van der Waals surface area contributed by atoms with Crippen LogP contribution in [0.25, 0.3) is 5.57 Å². The number of ether oxygens (including phenoxy) is 2. The summed E-state index contributed by atoms with van der Waals surface area (Å²) >= 11 is 0. The summed E-state index contributed by atoms with van der Waals surface area (Å²) < 4.78 is 38.6. The number of rotatable bonds is 6. The predicted octanol–water partition coefficient (Wildman–Crippen LogP) is 4.77. The van der Waals surface area contributed by atoms with Gasteiger partial charge in [0, 0.05) is 6.61 Å². The molecule has 0 aromatic heterocycles. The molecule has 1 heterocycles. The Hall–Kier alpha value is -2.37. The van der Waals surface area contributed by atoms with Crippen molar-refractivity contribution in [3.8, 4) is 0 Å². The van der Waals surface area contributed by atoms with Crippen molar-refractivity contribution in [1.29, 1.82) is 0 Å². The van der Waals surface area contributed by atoms with Gasteiger partial charge < -0.3 is 9.47 Å². The molecule has 1 fully saturated rings. The lowest BCUT2D eigenvalue weighted by molar-refractivity contribution is -0.154. The Morgan fingerprint density at radius 2 is 1.96 bits per heavy atom. The fourth-order valence-corrected chi connectivity index (χ4v) is 2.81. The van der Waals surface area contributed by atoms with Gasteiger partial charge in [0.15, 0.2) is 12.1 Å². The van der Waals surface area contributed by atoms with E-state index in [-0.39, 0.29) is 18.5 Å². The Morgan fingerprint density at radius 3 is 2.69 bits per heavy atom. The fourth-order valence-electron chi connectivity index (χ4n) is 2.81. The average Bonchev–Trinajstić information content (AvgIpc) is 2.68. The van der Waals surface area contributed by atoms with Crippen molar-refractivity contribution in [2.45, 2.75) is 25.6 Å². The summed E-state index contributed by atoms with van der Waals surface area (Å²) in [7, 11) is 0. The van der Waals surface area contributed by atoms with E-state index in [0.29, 0.717) is 12.2 Å². The highest BCUT2D eigenvalue weighted by molar-refractivity contribution is 6.08. The maximum atomic E-state index is 13.9. The maximum Gasteiger partial charge on any atom is 0.189 e. The molecule has 0 spiro atoms. The molecule has 0 bridgehead atoms. The number of ketones is 1. The number of benzene rings is 2. The van der Waals surface area contributed by atoms with Crippen molar-refractivity contribution in [2.24, 2.45) is 0 Å². The minimum atomic E-state index is -0.753. The second kappa shape index (κ2) is 8.83. The van der Waals surface area contributed by atoms with Crippen molar-refractivity contribution in [3.05, 3.63) is 77.4 Å². The number of allylic oxidation sites excluding steroid dienone is 1. The third kappa shape index (κ3) is 4.84. The zero-order valence-electron chi connectivity index (χ0n) is 14.3. The average molecular weight is 358 g/mol. The van der Waals surface area contributed by atoms with Crippen LogP contribution in [0, 0.1) is 11.6 Å². The van der Waals surface area contributed by atoms with Gasteiger partial charge in [0.25, 0.3) is 0 Å². The molecule has 1 aliphatic rings. The van der Waals surface area contributed by atoms with Gasteiger partial charge >= 0.3 is 0 Å². The molecule has 1 saturated heterocycles. The number of halogens is 2. The van der Waals surface area contributed by atoms with Gasteiger partial charge in [0.2, 0.25) is 0 Å². The molecule has 1 unspecified atom stereocenters. The van der Waals surface area contributed by atoms with E-state index in [1.54, 1.807) is 0 Å². The molecule has 2 aromatic carbocycles. The van der Waals surface area contributed by atoms with Crippen LogP contribution >= 0.6 is 0 Å². The monoisotopic (exact) mass is 358 g/mol. The molecule has 0 N–H and O–H groups in total. The quantitative estimate of drug-likeness (QED) is 0.551. The minimum Gasteiger partial charge on any atom is -0.353 e. The largest absolute Gasteiger partial charge is 0.353 e. The van der Waals surface area contributed by atoms with E-state index >= 15 is 0 Å². The molecule has 3 rings (SSSR count). The van der Waals surface area contributed by atoms with Crippen molar-refractivity contribution in [3.63, 3.8) is 0 Å². The highest BCUT2D eigenvalue weighted by Crippen LogP contribution is 2.21. The van der Waals surface area contributed by atoms with E-state index in [9.17, 15) is 13.6 Å². The summed E-state index contributed by atoms with van der Waals surface area (Å²) in [4.78, 5) is 12.5. The van der Waals surface area contributed by atoms with E-state index in [0.717, 1.165) is 43.0 Å². The second-order valence-corrected chi connectivity index (χ2v) is 6.13. The van der Waals surface area contributed by atoms with Gasteiger partial charge in [-0.25, -0.2) is 8.78 Å². The van der Waals surface area contributed by atoms with Crippen LogP contribution < -0.4 is 0 Å². The Labute approximate surface area is 151 Å². The van der Waals surface area contributed by atoms with E-state index in [1.165, 1.54) is 6.08 Å². The lowest BCUT2D eigenvalue weighted by Gasteiger charge is -2.23. The van der Waals surface area contributed by atoms with Gasteiger partial charge in [-0.1, -0.05) is 30.3 Å². The second-order valence-electron chi connectivity index (χ2n) is 6.13. The molecule has 0 radical (unpaired) electrons. The number of hydrogen-bond donors (Lipinski definition) is 0. The molecule has 1 aliphatic heterocycles. The first-order valence-electron chi connectivity index (χ1n) is 8.62. The van der Waals surface area contributed by atoms with Gasteiger partial charge in [0.05, 0.1) is 12.2 Å². The summed E-state index contributed by atoms with van der Waals surface area (Å²) in [6, 6.07) is 12.1. The standard InChI is InChI=1S/C21H20F2O3/c22-17-9-10-19(23)18(13-17)20(24)12-16(15-6-2-1-3-7-15)14-26-21-8-4-5-11-25-21/h1-3,6-7,9-10,12-13,21H,4-5,8,11,14H2/b16-12-. The predicted molar refractivity (Wildman–Crippen MR) is 94.7 cm³/mol. The molecule has 0 aliphatic carbocycles. The molecular formula is C21H20F2O3. The van der Waals surface area contributed by atoms with Crippen LogP contribution in [0.5, 0.6) is 0 Å². The third-order valence-corrected chi connectivity index (χ3v) is 4.21. The molecule has 2 aromatic rings. The minimum absolute atomic E-state index is 0.150. The highest BCUT2D eigenvalue weighted by Gasteiger charge is 2.17. The first kappa shape index (κ1) is 18.4. The van der Waals surface area contributed by atoms with Gasteiger partial charge in [-0.15, -0.1) is 0 Å². The molecule has 26 heavy (non-hydrogen) atoms. The summed E-state index contributed by atoms with van der Waals surface area (Å²) in [5, 5.41) is 0. The van der Waals surface area contributed by atoms with Crippen LogP contribution in [0.4, 0.5) is 8.78 Å². The van der Waals surface area contributed by atoms with Crippen LogP contribution in [-0.4, -0.2) is 25.3 Å². The lowest BCUT2D eigenvalue weighted by Crippen LogP contribution is -2.23. The van der Waals surface area contributed by atoms with Crippen molar-refractivity contribution >= 4 is 11.4 Å².